The van der Waals surface area contributed by atoms with Crippen LogP contribution in [0.3, 0.4) is 0 Å². The Balaban J connectivity index is 3.05. The van der Waals surface area contributed by atoms with Crippen molar-refractivity contribution in [3.63, 3.8) is 0 Å². The molecule has 5 heteroatoms. The molecule has 5 nitrogen and oxygen atoms in total. The van der Waals surface area contributed by atoms with E-state index in [9.17, 15) is 4.79 Å². The van der Waals surface area contributed by atoms with Crippen LogP contribution in [-0.4, -0.2) is 34.4 Å². The van der Waals surface area contributed by atoms with Gasteiger partial charge in [0, 0.05) is 0 Å². The predicted molar refractivity (Wildman–Crippen MR) is 22.2 cm³/mol. The summed E-state index contributed by atoms with van der Waals surface area (Å²) in [5.74, 6) is 0. The molecule has 0 rings (SSSR count). The molecule has 0 aliphatic rings. The molecule has 3 N–H and O–H groups in total. The second kappa shape index (κ2) is 3.23. The van der Waals surface area contributed by atoms with Crippen molar-refractivity contribution < 1.29 is 24.9 Å². The van der Waals surface area contributed by atoms with Gasteiger partial charge in [-0.15, -0.1) is 0 Å². The van der Waals surface area contributed by atoms with Gasteiger partial charge in [-0.25, -0.2) is 4.79 Å². The zero-order valence-corrected chi connectivity index (χ0v) is 3.94. The summed E-state index contributed by atoms with van der Waals surface area (Å²) in [7, 11) is 0. The molecule has 0 unspecified atom stereocenters. The molecule has 0 fully saturated rings. The van der Waals surface area contributed by atoms with E-state index >= 15 is 0 Å². The lowest BCUT2D eigenvalue weighted by atomic mass is 10.7. The summed E-state index contributed by atoms with van der Waals surface area (Å²) in [5.41, 5.74) is 0. The lowest BCUT2D eigenvalue weighted by Crippen LogP contribution is -2.16. The van der Waals surface area contributed by atoms with Gasteiger partial charge in [-0.3, -0.25) is 0 Å². The molecule has 0 heterocycles. The van der Waals surface area contributed by atoms with Crippen LogP contribution in [0.5, 0.6) is 0 Å². The van der Waals surface area contributed by atoms with Gasteiger partial charge in [0.05, 0.1) is 0 Å². The molecule has 0 atom stereocenters. The van der Waals surface area contributed by atoms with Crippen molar-refractivity contribution in [2.45, 2.75) is 6.29 Å². The summed E-state index contributed by atoms with van der Waals surface area (Å²) in [5, 5.41) is 23.7. The third kappa shape index (κ3) is 5.19. The van der Waals surface area contributed by atoms with Gasteiger partial charge < -0.3 is 20.1 Å². The maximum atomic E-state index is 9.46. The first-order valence-corrected chi connectivity index (χ1v) is 1.85. The Kier molecular flexibility index (Phi) is 2.90. The smallest absolute Gasteiger partial charge is 0.450 e. The van der Waals surface area contributed by atoms with E-state index in [4.69, 9.17) is 15.3 Å². The molecule has 48 valence electrons. The van der Waals surface area contributed by atoms with Crippen LogP contribution in [-0.2, 0) is 4.74 Å². The van der Waals surface area contributed by atoms with Crippen molar-refractivity contribution in [3.05, 3.63) is 0 Å². The fraction of sp³-hybridized carbons (Fsp3) is 0.667. The van der Waals surface area contributed by atoms with Gasteiger partial charge in [0.25, 0.3) is 0 Å². The van der Waals surface area contributed by atoms with Crippen molar-refractivity contribution in [3.8, 4) is 0 Å². The highest BCUT2D eigenvalue weighted by atomic mass is 16.7. The molecule has 0 aliphatic heterocycles. The SMILES string of the molecule is O=C(O)OCC(O)O. The number of rotatable bonds is 2. The van der Waals surface area contributed by atoms with Crippen LogP contribution in [0.2, 0.25) is 0 Å². The topological polar surface area (TPSA) is 87.0 Å². The molecule has 0 aromatic heterocycles. The monoisotopic (exact) mass is 122 g/mol. The summed E-state index contributed by atoms with van der Waals surface area (Å²) in [6, 6.07) is 0. The Morgan fingerprint density at radius 1 is 1.62 bits per heavy atom. The molecule has 0 saturated carbocycles. The third-order valence-electron chi connectivity index (χ3n) is 0.356. The second-order valence-corrected chi connectivity index (χ2v) is 1.06. The van der Waals surface area contributed by atoms with Crippen LogP contribution in [0.25, 0.3) is 0 Å². The average molecular weight is 122 g/mol. The molecule has 0 aromatic rings. The summed E-state index contributed by atoms with van der Waals surface area (Å²) >= 11 is 0. The highest BCUT2D eigenvalue weighted by Crippen LogP contribution is 1.78. The molecule has 0 spiro atoms. The Hall–Kier alpha value is -0.810. The zero-order valence-electron chi connectivity index (χ0n) is 3.94. The minimum absolute atomic E-state index is 0.602. The van der Waals surface area contributed by atoms with Gasteiger partial charge in [-0.1, -0.05) is 0 Å². The molecular weight excluding hydrogens is 116 g/mol. The maximum Gasteiger partial charge on any atom is 0.505 e. The second-order valence-electron chi connectivity index (χ2n) is 1.06. The highest BCUT2D eigenvalue weighted by molar-refractivity contribution is 5.56. The van der Waals surface area contributed by atoms with E-state index in [2.05, 4.69) is 4.74 Å². The standard InChI is InChI=1S/C3H6O5/c4-2(5)1-8-3(6)7/h2,4-5H,1H2,(H,6,7). The summed E-state index contributed by atoms with van der Waals surface area (Å²) in [4.78, 5) is 9.46. The molecule has 0 amide bonds. The first kappa shape index (κ1) is 7.19. The summed E-state index contributed by atoms with van der Waals surface area (Å²) in [6.45, 7) is -0.602. The van der Waals surface area contributed by atoms with Gasteiger partial charge in [-0.2, -0.15) is 0 Å². The van der Waals surface area contributed by atoms with E-state index in [1.165, 1.54) is 0 Å². The number of aliphatic hydroxyl groups excluding tert-OH is 1. The van der Waals surface area contributed by atoms with Crippen molar-refractivity contribution in [1.82, 2.24) is 0 Å². The van der Waals surface area contributed by atoms with E-state index in [0.717, 1.165) is 0 Å². The molecule has 8 heavy (non-hydrogen) atoms. The van der Waals surface area contributed by atoms with Crippen LogP contribution in [0.4, 0.5) is 4.79 Å². The Morgan fingerprint density at radius 2 is 2.12 bits per heavy atom. The van der Waals surface area contributed by atoms with Crippen LogP contribution < -0.4 is 0 Å². The molecular formula is C3H6O5. The van der Waals surface area contributed by atoms with E-state index in [1.807, 2.05) is 0 Å². The van der Waals surface area contributed by atoms with Crippen molar-refractivity contribution in [2.75, 3.05) is 6.61 Å². The van der Waals surface area contributed by atoms with Crippen molar-refractivity contribution in [1.29, 1.82) is 0 Å². The number of hydrogen-bond donors (Lipinski definition) is 3. The van der Waals surface area contributed by atoms with Crippen molar-refractivity contribution >= 4 is 6.16 Å². The quantitative estimate of drug-likeness (QED) is 0.322. The zero-order chi connectivity index (χ0) is 6.57. The molecule has 0 radical (unpaired) electrons. The van der Waals surface area contributed by atoms with E-state index in [0.29, 0.717) is 0 Å². The predicted octanol–water partition coefficient (Wildman–Crippen LogP) is -1.01. The Labute approximate surface area is 45.1 Å². The molecule has 0 aliphatic carbocycles. The van der Waals surface area contributed by atoms with Crippen LogP contribution in [0.15, 0.2) is 0 Å². The number of ether oxygens (including phenoxy) is 1. The Morgan fingerprint density at radius 3 is 2.25 bits per heavy atom. The third-order valence-corrected chi connectivity index (χ3v) is 0.356. The van der Waals surface area contributed by atoms with E-state index in [1.54, 1.807) is 0 Å². The minimum Gasteiger partial charge on any atom is -0.450 e. The molecule has 0 saturated heterocycles. The van der Waals surface area contributed by atoms with Crippen LogP contribution in [0.1, 0.15) is 0 Å². The number of carboxylic acid groups (broad SMARTS) is 1. The first-order chi connectivity index (χ1) is 3.63. The highest BCUT2D eigenvalue weighted by Gasteiger charge is 2.00. The largest absolute Gasteiger partial charge is 0.505 e. The minimum atomic E-state index is -1.72. The van der Waals surface area contributed by atoms with E-state index < -0.39 is 19.1 Å². The maximum absolute atomic E-state index is 9.46. The fourth-order valence-corrected chi connectivity index (χ4v) is 0.146. The Bertz CT molecular complexity index is 77.7. The van der Waals surface area contributed by atoms with Gasteiger partial charge in [0.15, 0.2) is 6.29 Å². The van der Waals surface area contributed by atoms with Crippen LogP contribution in [0, 0.1) is 0 Å². The average Bonchev–Trinajstić information content (AvgIpc) is 1.61. The van der Waals surface area contributed by atoms with Gasteiger partial charge in [0.1, 0.15) is 6.61 Å². The molecule has 0 bridgehead atoms. The van der Waals surface area contributed by atoms with E-state index in [-0.39, 0.29) is 0 Å². The molecule has 0 aromatic carbocycles. The van der Waals surface area contributed by atoms with Gasteiger partial charge >= 0.3 is 6.16 Å². The number of aliphatic hydroxyl groups is 2. The van der Waals surface area contributed by atoms with Crippen LogP contribution >= 0.6 is 0 Å². The van der Waals surface area contributed by atoms with Gasteiger partial charge in [-0.05, 0) is 0 Å². The summed E-state index contributed by atoms with van der Waals surface area (Å²) in [6.07, 6.45) is -3.23. The number of carbonyl (C=O) groups is 1. The fourth-order valence-electron chi connectivity index (χ4n) is 0.146. The van der Waals surface area contributed by atoms with Crippen molar-refractivity contribution in [2.24, 2.45) is 0 Å². The number of hydrogen-bond acceptors (Lipinski definition) is 4. The first-order valence-electron chi connectivity index (χ1n) is 1.85. The lowest BCUT2D eigenvalue weighted by molar-refractivity contribution is -0.0838. The normalized spacial score (nSPS) is 9.38. The summed E-state index contributed by atoms with van der Waals surface area (Å²) < 4.78 is 3.72. The van der Waals surface area contributed by atoms with Gasteiger partial charge in [0.2, 0.25) is 0 Å². The lowest BCUT2D eigenvalue weighted by Gasteiger charge is -1.99.